The predicted molar refractivity (Wildman–Crippen MR) is 78.0 cm³/mol. The van der Waals surface area contributed by atoms with E-state index in [9.17, 15) is 10.2 Å². The molecule has 0 amide bonds. The van der Waals surface area contributed by atoms with Crippen LogP contribution in [0.25, 0.3) is 0 Å². The number of benzene rings is 1. The van der Waals surface area contributed by atoms with Crippen molar-refractivity contribution in [3.8, 4) is 0 Å². The minimum Gasteiger partial charge on any atom is -0.387 e. The van der Waals surface area contributed by atoms with Crippen LogP contribution in [0.15, 0.2) is 24.3 Å². The lowest BCUT2D eigenvalue weighted by Gasteiger charge is -2.38. The van der Waals surface area contributed by atoms with Crippen LogP contribution in [0.1, 0.15) is 63.2 Å². The first-order valence-corrected chi connectivity index (χ1v) is 7.54. The molecule has 106 valence electrons. The fourth-order valence-electron chi connectivity index (χ4n) is 3.05. The Kier molecular flexibility index (Phi) is 4.64. The Balaban J connectivity index is 2.14. The number of aliphatic hydroxyl groups is 2. The summed E-state index contributed by atoms with van der Waals surface area (Å²) in [6, 6.07) is 8.05. The molecular formula is C17H26O2. The molecule has 0 heterocycles. The second kappa shape index (κ2) is 6.06. The van der Waals surface area contributed by atoms with E-state index in [0.717, 1.165) is 31.2 Å². The van der Waals surface area contributed by atoms with Gasteiger partial charge in [-0.1, -0.05) is 44.5 Å². The third-order valence-corrected chi connectivity index (χ3v) is 4.45. The molecule has 1 fully saturated rings. The average molecular weight is 262 g/mol. The predicted octanol–water partition coefficient (Wildman–Crippen LogP) is 3.61. The lowest BCUT2D eigenvalue weighted by Crippen LogP contribution is -2.39. The summed E-state index contributed by atoms with van der Waals surface area (Å²) in [6.07, 6.45) is 4.78. The van der Waals surface area contributed by atoms with Crippen molar-refractivity contribution in [1.82, 2.24) is 0 Å². The summed E-state index contributed by atoms with van der Waals surface area (Å²) in [5.74, 6) is 0.666. The minimum absolute atomic E-state index is 0.666. The lowest BCUT2D eigenvalue weighted by molar-refractivity contribution is -0.105. The Labute approximate surface area is 116 Å². The van der Waals surface area contributed by atoms with Gasteiger partial charge >= 0.3 is 0 Å². The maximum atomic E-state index is 10.7. The molecule has 0 aromatic heterocycles. The summed E-state index contributed by atoms with van der Waals surface area (Å²) >= 11 is 0. The zero-order valence-electron chi connectivity index (χ0n) is 12.1. The summed E-state index contributed by atoms with van der Waals surface area (Å²) in [4.78, 5) is 0. The van der Waals surface area contributed by atoms with E-state index in [2.05, 4.69) is 19.9 Å². The number of aryl methyl sites for hydroxylation is 1. The van der Waals surface area contributed by atoms with Crippen LogP contribution in [-0.4, -0.2) is 15.8 Å². The largest absolute Gasteiger partial charge is 0.387 e. The van der Waals surface area contributed by atoms with Gasteiger partial charge in [0.15, 0.2) is 0 Å². The molecule has 1 aliphatic rings. The molecule has 1 aromatic carbocycles. The molecule has 2 heteroatoms. The zero-order chi connectivity index (χ0) is 13.9. The second-order valence-electron chi connectivity index (χ2n) is 6.18. The summed E-state index contributed by atoms with van der Waals surface area (Å²) in [5.41, 5.74) is 1.17. The summed E-state index contributed by atoms with van der Waals surface area (Å²) < 4.78 is 0. The van der Waals surface area contributed by atoms with Crippen molar-refractivity contribution >= 4 is 0 Å². The van der Waals surface area contributed by atoms with Crippen molar-refractivity contribution in [2.75, 3.05) is 0 Å². The number of hydrogen-bond donors (Lipinski definition) is 2. The van der Waals surface area contributed by atoms with Crippen LogP contribution in [0.2, 0.25) is 0 Å². The second-order valence-corrected chi connectivity index (χ2v) is 6.18. The molecule has 1 aliphatic carbocycles. The highest BCUT2D eigenvalue weighted by atomic mass is 16.3. The number of hydrogen-bond acceptors (Lipinski definition) is 2. The van der Waals surface area contributed by atoms with E-state index in [0.29, 0.717) is 18.8 Å². The molecule has 2 N–H and O–H groups in total. The van der Waals surface area contributed by atoms with Gasteiger partial charge in [-0.05, 0) is 49.1 Å². The van der Waals surface area contributed by atoms with Crippen molar-refractivity contribution in [1.29, 1.82) is 0 Å². The van der Waals surface area contributed by atoms with Crippen LogP contribution in [-0.2, 0) is 6.42 Å². The molecular weight excluding hydrogens is 236 g/mol. The first kappa shape index (κ1) is 14.5. The average Bonchev–Trinajstić information content (AvgIpc) is 2.42. The third kappa shape index (κ3) is 3.37. The van der Waals surface area contributed by atoms with E-state index >= 15 is 0 Å². The van der Waals surface area contributed by atoms with Crippen molar-refractivity contribution < 1.29 is 10.2 Å². The summed E-state index contributed by atoms with van der Waals surface area (Å²) in [6.45, 7) is 4.37. The van der Waals surface area contributed by atoms with Gasteiger partial charge in [0.1, 0.15) is 6.10 Å². The van der Waals surface area contributed by atoms with Gasteiger partial charge in [-0.25, -0.2) is 0 Å². The van der Waals surface area contributed by atoms with Gasteiger partial charge in [-0.2, -0.15) is 0 Å². The minimum atomic E-state index is -0.933. The van der Waals surface area contributed by atoms with Crippen LogP contribution < -0.4 is 0 Å². The first-order valence-electron chi connectivity index (χ1n) is 7.54. The molecule has 0 bridgehead atoms. The van der Waals surface area contributed by atoms with Crippen LogP contribution in [0, 0.1) is 5.92 Å². The normalized spacial score (nSPS) is 29.2. The zero-order valence-corrected chi connectivity index (χ0v) is 12.1. The molecule has 19 heavy (non-hydrogen) atoms. The Hall–Kier alpha value is -0.860. The quantitative estimate of drug-likeness (QED) is 0.870. The topological polar surface area (TPSA) is 40.5 Å². The monoisotopic (exact) mass is 262 g/mol. The summed E-state index contributed by atoms with van der Waals surface area (Å²) in [5, 5.41) is 21.2. The molecule has 0 saturated heterocycles. The Morgan fingerprint density at radius 1 is 1.32 bits per heavy atom. The maximum Gasteiger partial charge on any atom is 0.108 e. The Bertz CT molecular complexity index is 405. The van der Waals surface area contributed by atoms with E-state index in [-0.39, 0.29) is 0 Å². The number of rotatable bonds is 4. The molecule has 1 saturated carbocycles. The van der Waals surface area contributed by atoms with Crippen LogP contribution in [0.5, 0.6) is 0 Å². The van der Waals surface area contributed by atoms with Crippen molar-refractivity contribution in [2.45, 2.75) is 64.1 Å². The fraction of sp³-hybridized carbons (Fsp3) is 0.647. The van der Waals surface area contributed by atoms with Crippen molar-refractivity contribution in [3.63, 3.8) is 0 Å². The molecule has 2 rings (SSSR count). The Morgan fingerprint density at radius 3 is 2.63 bits per heavy atom. The van der Waals surface area contributed by atoms with Gasteiger partial charge in [0, 0.05) is 0 Å². The fourth-order valence-corrected chi connectivity index (χ4v) is 3.05. The van der Waals surface area contributed by atoms with Crippen LogP contribution in [0.4, 0.5) is 0 Å². The van der Waals surface area contributed by atoms with Crippen molar-refractivity contribution in [2.24, 2.45) is 5.92 Å². The third-order valence-electron chi connectivity index (χ3n) is 4.45. The van der Waals surface area contributed by atoms with E-state index in [4.69, 9.17) is 0 Å². The molecule has 1 unspecified atom stereocenters. The molecule has 0 spiro atoms. The standard InChI is InChI=1S/C17H26O2/c1-3-5-14-6-4-7-15(12-14)16(18)17(19)10-8-13(2)9-11-17/h4,6-7,12-13,16,18-19H,3,5,8-11H2,1-2H3. The smallest absolute Gasteiger partial charge is 0.108 e. The van der Waals surface area contributed by atoms with E-state index in [1.165, 1.54) is 5.56 Å². The highest BCUT2D eigenvalue weighted by molar-refractivity contribution is 5.27. The van der Waals surface area contributed by atoms with Crippen LogP contribution in [0.3, 0.4) is 0 Å². The molecule has 0 radical (unpaired) electrons. The van der Waals surface area contributed by atoms with Gasteiger partial charge < -0.3 is 10.2 Å². The van der Waals surface area contributed by atoms with E-state index in [1.807, 2.05) is 18.2 Å². The highest BCUT2D eigenvalue weighted by Crippen LogP contribution is 2.40. The Morgan fingerprint density at radius 2 is 2.00 bits per heavy atom. The highest BCUT2D eigenvalue weighted by Gasteiger charge is 2.39. The van der Waals surface area contributed by atoms with Gasteiger partial charge in [-0.3, -0.25) is 0 Å². The van der Waals surface area contributed by atoms with Gasteiger partial charge in [0.25, 0.3) is 0 Å². The van der Waals surface area contributed by atoms with Gasteiger partial charge in [0.05, 0.1) is 5.60 Å². The first-order chi connectivity index (χ1) is 9.05. The maximum absolute atomic E-state index is 10.7. The lowest BCUT2D eigenvalue weighted by atomic mass is 9.75. The van der Waals surface area contributed by atoms with E-state index < -0.39 is 11.7 Å². The van der Waals surface area contributed by atoms with E-state index in [1.54, 1.807) is 0 Å². The van der Waals surface area contributed by atoms with Crippen molar-refractivity contribution in [3.05, 3.63) is 35.4 Å². The summed E-state index contributed by atoms with van der Waals surface area (Å²) in [7, 11) is 0. The van der Waals surface area contributed by atoms with Gasteiger partial charge in [0.2, 0.25) is 0 Å². The molecule has 0 aliphatic heterocycles. The molecule has 1 atom stereocenters. The van der Waals surface area contributed by atoms with Gasteiger partial charge in [-0.15, -0.1) is 0 Å². The SMILES string of the molecule is CCCc1cccc(C(O)C2(O)CCC(C)CC2)c1. The number of aliphatic hydroxyl groups excluding tert-OH is 1. The molecule has 1 aromatic rings. The molecule has 2 nitrogen and oxygen atoms in total. The van der Waals surface area contributed by atoms with Crippen LogP contribution >= 0.6 is 0 Å².